The van der Waals surface area contributed by atoms with Gasteiger partial charge in [-0.05, 0) is 43.7 Å². The van der Waals surface area contributed by atoms with Crippen LogP contribution in [0.3, 0.4) is 0 Å². The highest BCUT2D eigenvalue weighted by Crippen LogP contribution is 2.22. The Bertz CT molecular complexity index is 656. The molecule has 2 rings (SSSR count). The lowest BCUT2D eigenvalue weighted by Gasteiger charge is -2.12. The minimum Gasteiger partial charge on any atom is -0.333 e. The van der Waals surface area contributed by atoms with Crippen molar-refractivity contribution < 1.29 is 10.1 Å². The Morgan fingerprint density at radius 3 is 2.55 bits per heavy atom. The first-order chi connectivity index (χ1) is 10.5. The second-order valence-electron chi connectivity index (χ2n) is 5.24. The van der Waals surface area contributed by atoms with Gasteiger partial charge in [-0.3, -0.25) is 4.79 Å². The summed E-state index contributed by atoms with van der Waals surface area (Å²) in [5, 5.41) is 6.24. The largest absolute Gasteiger partial charge is 0.333 e. The van der Waals surface area contributed by atoms with Crippen molar-refractivity contribution >= 4 is 34.8 Å². The lowest BCUT2D eigenvalue weighted by molar-refractivity contribution is -0.682. The third-order valence-electron chi connectivity index (χ3n) is 3.59. The van der Waals surface area contributed by atoms with Gasteiger partial charge in [0.2, 0.25) is 0 Å². The zero-order valence-corrected chi connectivity index (χ0v) is 14.1. The molecule has 3 N–H and O–H groups in total. The Balaban J connectivity index is 1.90. The predicted molar refractivity (Wildman–Crippen MR) is 91.5 cm³/mol. The summed E-state index contributed by atoms with van der Waals surface area (Å²) in [7, 11) is 0. The van der Waals surface area contributed by atoms with E-state index in [-0.39, 0.29) is 11.9 Å². The van der Waals surface area contributed by atoms with Gasteiger partial charge in [0.15, 0.2) is 6.54 Å². The quantitative estimate of drug-likeness (QED) is 0.860. The molecule has 2 aromatic carbocycles. The number of quaternary nitrogens is 1. The summed E-state index contributed by atoms with van der Waals surface area (Å²) < 4.78 is 0. The van der Waals surface area contributed by atoms with Gasteiger partial charge in [-0.15, -0.1) is 0 Å². The van der Waals surface area contributed by atoms with Crippen molar-refractivity contribution in [2.75, 3.05) is 11.9 Å². The molecule has 0 bridgehead atoms. The maximum atomic E-state index is 12.1. The van der Waals surface area contributed by atoms with Crippen LogP contribution in [0.15, 0.2) is 42.5 Å². The number of rotatable bonds is 5. The molecule has 0 spiro atoms. The van der Waals surface area contributed by atoms with Gasteiger partial charge in [0.05, 0.1) is 0 Å². The van der Waals surface area contributed by atoms with Crippen LogP contribution in [0, 0.1) is 6.92 Å². The van der Waals surface area contributed by atoms with Crippen LogP contribution < -0.4 is 10.6 Å². The Morgan fingerprint density at radius 1 is 1.18 bits per heavy atom. The normalized spacial score (nSPS) is 12.0. The summed E-state index contributed by atoms with van der Waals surface area (Å²) in [5.41, 5.74) is 2.77. The molecule has 22 heavy (non-hydrogen) atoms. The molecule has 5 heteroatoms. The Hall–Kier alpha value is -1.55. The van der Waals surface area contributed by atoms with Crippen LogP contribution in [0.25, 0.3) is 0 Å². The SMILES string of the molecule is Cc1c(Cl)cccc1NC(=O)C[NH2+][C@H](C)c1ccc(Cl)cc1. The van der Waals surface area contributed by atoms with Gasteiger partial charge in [0.1, 0.15) is 6.04 Å². The fourth-order valence-electron chi connectivity index (χ4n) is 2.13. The standard InChI is InChI=1S/C17H18Cl2N2O/c1-11-15(19)4-3-5-16(11)21-17(22)10-20-12(2)13-6-8-14(18)9-7-13/h3-9,12,20H,10H2,1-2H3,(H,21,22)/p+1/t12-/m1/s1. The monoisotopic (exact) mass is 337 g/mol. The van der Waals surface area contributed by atoms with Crippen molar-refractivity contribution in [1.29, 1.82) is 0 Å². The van der Waals surface area contributed by atoms with Crippen molar-refractivity contribution in [3.05, 3.63) is 63.6 Å². The predicted octanol–water partition coefficient (Wildman–Crippen LogP) is 3.56. The van der Waals surface area contributed by atoms with E-state index >= 15 is 0 Å². The zero-order chi connectivity index (χ0) is 16.1. The van der Waals surface area contributed by atoms with E-state index in [4.69, 9.17) is 23.2 Å². The molecule has 0 saturated heterocycles. The van der Waals surface area contributed by atoms with Crippen LogP contribution in [-0.2, 0) is 4.79 Å². The maximum Gasteiger partial charge on any atom is 0.279 e. The molecule has 0 aromatic heterocycles. The first-order valence-electron chi connectivity index (χ1n) is 7.11. The summed E-state index contributed by atoms with van der Waals surface area (Å²) in [6.07, 6.45) is 0. The van der Waals surface area contributed by atoms with Crippen LogP contribution in [0.5, 0.6) is 0 Å². The van der Waals surface area contributed by atoms with Gasteiger partial charge in [-0.2, -0.15) is 0 Å². The number of nitrogens with one attached hydrogen (secondary N) is 1. The van der Waals surface area contributed by atoms with Gasteiger partial charge < -0.3 is 10.6 Å². The molecule has 0 aliphatic rings. The number of anilines is 1. The average Bonchev–Trinajstić information content (AvgIpc) is 2.50. The Labute approximate surface area is 140 Å². The number of nitrogens with two attached hydrogens (primary N) is 1. The van der Waals surface area contributed by atoms with E-state index in [0.717, 1.165) is 16.8 Å². The fourth-order valence-corrected chi connectivity index (χ4v) is 2.43. The summed E-state index contributed by atoms with van der Waals surface area (Å²) in [4.78, 5) is 12.1. The number of carbonyl (C=O) groups is 1. The van der Waals surface area contributed by atoms with Crippen LogP contribution in [0.1, 0.15) is 24.1 Å². The van der Waals surface area contributed by atoms with Crippen molar-refractivity contribution in [3.63, 3.8) is 0 Å². The fraction of sp³-hybridized carbons (Fsp3) is 0.235. The van der Waals surface area contributed by atoms with Crippen molar-refractivity contribution in [1.82, 2.24) is 0 Å². The van der Waals surface area contributed by atoms with E-state index in [9.17, 15) is 4.79 Å². The molecule has 0 heterocycles. The van der Waals surface area contributed by atoms with E-state index in [1.807, 2.05) is 48.6 Å². The summed E-state index contributed by atoms with van der Waals surface area (Å²) in [5.74, 6) is -0.0498. The second-order valence-corrected chi connectivity index (χ2v) is 6.08. The van der Waals surface area contributed by atoms with E-state index in [1.165, 1.54) is 0 Å². The van der Waals surface area contributed by atoms with Gasteiger partial charge in [0, 0.05) is 21.3 Å². The summed E-state index contributed by atoms with van der Waals surface area (Å²) in [6, 6.07) is 13.3. The maximum absolute atomic E-state index is 12.1. The van der Waals surface area contributed by atoms with Gasteiger partial charge in [0.25, 0.3) is 5.91 Å². The highest BCUT2D eigenvalue weighted by atomic mass is 35.5. The molecule has 2 aromatic rings. The first-order valence-corrected chi connectivity index (χ1v) is 7.86. The minimum atomic E-state index is -0.0498. The van der Waals surface area contributed by atoms with Crippen molar-refractivity contribution in [2.24, 2.45) is 0 Å². The molecule has 1 amide bonds. The zero-order valence-electron chi connectivity index (χ0n) is 12.6. The summed E-state index contributed by atoms with van der Waals surface area (Å²) in [6.45, 7) is 4.29. The van der Waals surface area contributed by atoms with Gasteiger partial charge >= 0.3 is 0 Å². The number of hydrogen-bond acceptors (Lipinski definition) is 1. The number of benzene rings is 2. The van der Waals surface area contributed by atoms with E-state index in [0.29, 0.717) is 16.6 Å². The topological polar surface area (TPSA) is 45.7 Å². The number of amides is 1. The highest BCUT2D eigenvalue weighted by Gasteiger charge is 2.12. The number of halogens is 2. The van der Waals surface area contributed by atoms with Crippen LogP contribution in [0.2, 0.25) is 10.0 Å². The van der Waals surface area contributed by atoms with Crippen LogP contribution in [-0.4, -0.2) is 12.5 Å². The molecule has 0 aliphatic carbocycles. The van der Waals surface area contributed by atoms with E-state index in [2.05, 4.69) is 12.2 Å². The van der Waals surface area contributed by atoms with E-state index < -0.39 is 0 Å². The molecule has 3 nitrogen and oxygen atoms in total. The Morgan fingerprint density at radius 2 is 1.86 bits per heavy atom. The highest BCUT2D eigenvalue weighted by molar-refractivity contribution is 6.31. The van der Waals surface area contributed by atoms with Crippen molar-refractivity contribution in [3.8, 4) is 0 Å². The molecule has 0 aliphatic heterocycles. The summed E-state index contributed by atoms with van der Waals surface area (Å²) >= 11 is 11.9. The number of hydrogen-bond donors (Lipinski definition) is 2. The smallest absolute Gasteiger partial charge is 0.279 e. The average molecular weight is 338 g/mol. The molecule has 116 valence electrons. The van der Waals surface area contributed by atoms with Gasteiger partial charge in [-0.1, -0.05) is 41.4 Å². The molecule has 0 saturated carbocycles. The third-order valence-corrected chi connectivity index (χ3v) is 4.26. The van der Waals surface area contributed by atoms with Crippen LogP contribution in [0.4, 0.5) is 5.69 Å². The molecular weight excluding hydrogens is 319 g/mol. The lowest BCUT2D eigenvalue weighted by atomic mass is 10.1. The number of carbonyl (C=O) groups excluding carboxylic acids is 1. The second kappa shape index (κ2) is 7.63. The van der Waals surface area contributed by atoms with Crippen LogP contribution >= 0.6 is 23.2 Å². The first kappa shape index (κ1) is 16.8. The molecular formula is C17H19Cl2N2O+. The molecule has 0 radical (unpaired) electrons. The van der Waals surface area contributed by atoms with Gasteiger partial charge in [-0.25, -0.2) is 0 Å². The minimum absolute atomic E-state index is 0.0498. The molecule has 0 fully saturated rings. The molecule has 1 atom stereocenters. The lowest BCUT2D eigenvalue weighted by Crippen LogP contribution is -2.86. The van der Waals surface area contributed by atoms with Crippen molar-refractivity contribution in [2.45, 2.75) is 19.9 Å². The Kier molecular flexibility index (Phi) is 5.83. The molecule has 0 unspecified atom stereocenters. The third kappa shape index (κ3) is 4.47. The van der Waals surface area contributed by atoms with E-state index in [1.54, 1.807) is 6.07 Å².